The molecule has 1 N–H and O–H groups in total. The van der Waals surface area contributed by atoms with Crippen molar-refractivity contribution in [1.29, 1.82) is 0 Å². The summed E-state index contributed by atoms with van der Waals surface area (Å²) in [6.45, 7) is 5.82. The molecule has 20 heavy (non-hydrogen) atoms. The number of hydrogen-bond acceptors (Lipinski definition) is 1. The molecule has 0 saturated heterocycles. The second-order valence-electron chi connectivity index (χ2n) is 5.45. The van der Waals surface area contributed by atoms with Gasteiger partial charge in [-0.05, 0) is 50.6 Å². The number of aryl methyl sites for hydroxylation is 1. The standard InChI is InChI=1S/C17H18ClNO/c1-12-4-10-15(11-5-12)19-16(20)17(2,3)13-6-8-14(18)9-7-13/h4-11H,1-3H3,(H,19,20). The third-order valence-corrected chi connectivity index (χ3v) is 3.69. The van der Waals surface area contributed by atoms with E-state index >= 15 is 0 Å². The molecule has 3 heteroatoms. The van der Waals surface area contributed by atoms with Crippen LogP contribution in [-0.2, 0) is 10.2 Å². The first kappa shape index (κ1) is 14.6. The predicted octanol–water partition coefficient (Wildman–Crippen LogP) is 4.56. The fourth-order valence-electron chi connectivity index (χ4n) is 1.92. The maximum atomic E-state index is 12.5. The molecule has 1 amide bonds. The maximum Gasteiger partial charge on any atom is 0.234 e. The molecule has 104 valence electrons. The SMILES string of the molecule is Cc1ccc(NC(=O)C(C)(C)c2ccc(Cl)cc2)cc1. The molecule has 0 aliphatic rings. The van der Waals surface area contributed by atoms with Crippen molar-refractivity contribution in [3.63, 3.8) is 0 Å². The van der Waals surface area contributed by atoms with Gasteiger partial charge in [-0.15, -0.1) is 0 Å². The minimum atomic E-state index is -0.616. The van der Waals surface area contributed by atoms with E-state index in [4.69, 9.17) is 11.6 Å². The lowest BCUT2D eigenvalue weighted by Gasteiger charge is -2.24. The van der Waals surface area contributed by atoms with Crippen LogP contribution in [0, 0.1) is 6.92 Å². The fraction of sp³-hybridized carbons (Fsp3) is 0.235. The Kier molecular flexibility index (Phi) is 4.15. The van der Waals surface area contributed by atoms with E-state index in [0.29, 0.717) is 5.02 Å². The Hall–Kier alpha value is -1.80. The molecule has 0 heterocycles. The Morgan fingerprint density at radius 2 is 1.55 bits per heavy atom. The summed E-state index contributed by atoms with van der Waals surface area (Å²) in [4.78, 5) is 12.5. The molecule has 0 atom stereocenters. The largest absolute Gasteiger partial charge is 0.325 e. The number of anilines is 1. The summed E-state index contributed by atoms with van der Waals surface area (Å²) >= 11 is 5.89. The van der Waals surface area contributed by atoms with E-state index in [1.165, 1.54) is 5.56 Å². The summed E-state index contributed by atoms with van der Waals surface area (Å²) in [5.41, 5.74) is 2.30. The average Bonchev–Trinajstić information content (AvgIpc) is 2.42. The minimum Gasteiger partial charge on any atom is -0.325 e. The van der Waals surface area contributed by atoms with Gasteiger partial charge in [0.05, 0.1) is 5.41 Å². The molecule has 0 fully saturated rings. The van der Waals surface area contributed by atoms with Crippen molar-refractivity contribution in [2.75, 3.05) is 5.32 Å². The van der Waals surface area contributed by atoms with Gasteiger partial charge >= 0.3 is 0 Å². The van der Waals surface area contributed by atoms with Gasteiger partial charge in [-0.1, -0.05) is 41.4 Å². The number of nitrogens with one attached hydrogen (secondary N) is 1. The maximum absolute atomic E-state index is 12.5. The molecule has 2 aromatic rings. The van der Waals surface area contributed by atoms with Gasteiger partial charge in [0.1, 0.15) is 0 Å². The minimum absolute atomic E-state index is 0.0383. The zero-order chi connectivity index (χ0) is 14.8. The third-order valence-electron chi connectivity index (χ3n) is 3.44. The highest BCUT2D eigenvalue weighted by Gasteiger charge is 2.29. The molecular formula is C17H18ClNO. The van der Waals surface area contributed by atoms with Crippen LogP contribution >= 0.6 is 11.6 Å². The molecule has 0 unspecified atom stereocenters. The molecule has 0 spiro atoms. The molecule has 0 aliphatic heterocycles. The summed E-state index contributed by atoms with van der Waals surface area (Å²) in [7, 11) is 0. The number of benzene rings is 2. The Bertz CT molecular complexity index is 600. The molecule has 2 nitrogen and oxygen atoms in total. The second kappa shape index (κ2) is 5.68. The van der Waals surface area contributed by atoms with Gasteiger partial charge < -0.3 is 5.32 Å². The molecule has 0 aromatic heterocycles. The third kappa shape index (κ3) is 3.20. The van der Waals surface area contributed by atoms with Crippen molar-refractivity contribution >= 4 is 23.2 Å². The summed E-state index contributed by atoms with van der Waals surface area (Å²) in [5, 5.41) is 3.62. The van der Waals surface area contributed by atoms with E-state index in [1.54, 1.807) is 12.1 Å². The van der Waals surface area contributed by atoms with Gasteiger partial charge in [0.15, 0.2) is 0 Å². The summed E-state index contributed by atoms with van der Waals surface area (Å²) < 4.78 is 0. The Morgan fingerprint density at radius 1 is 1.00 bits per heavy atom. The van der Waals surface area contributed by atoms with Gasteiger partial charge in [0, 0.05) is 10.7 Å². The van der Waals surface area contributed by atoms with Crippen molar-refractivity contribution < 1.29 is 4.79 Å². The quantitative estimate of drug-likeness (QED) is 0.880. The van der Waals surface area contributed by atoms with E-state index in [0.717, 1.165) is 11.3 Å². The fourth-order valence-corrected chi connectivity index (χ4v) is 2.05. The average molecular weight is 288 g/mol. The van der Waals surface area contributed by atoms with Crippen LogP contribution in [-0.4, -0.2) is 5.91 Å². The van der Waals surface area contributed by atoms with E-state index in [1.807, 2.05) is 57.2 Å². The van der Waals surface area contributed by atoms with E-state index in [-0.39, 0.29) is 5.91 Å². The second-order valence-corrected chi connectivity index (χ2v) is 5.89. The number of amides is 1. The Balaban J connectivity index is 2.18. The predicted molar refractivity (Wildman–Crippen MR) is 84.3 cm³/mol. The van der Waals surface area contributed by atoms with Gasteiger partial charge in [0.25, 0.3) is 0 Å². The van der Waals surface area contributed by atoms with Crippen molar-refractivity contribution in [1.82, 2.24) is 0 Å². The van der Waals surface area contributed by atoms with E-state index in [9.17, 15) is 4.79 Å². The molecule has 0 aliphatic carbocycles. The van der Waals surface area contributed by atoms with Gasteiger partial charge in [-0.2, -0.15) is 0 Å². The lowest BCUT2D eigenvalue weighted by Crippen LogP contribution is -2.34. The van der Waals surface area contributed by atoms with Crippen LogP contribution in [0.5, 0.6) is 0 Å². The van der Waals surface area contributed by atoms with Crippen LogP contribution in [0.3, 0.4) is 0 Å². The smallest absolute Gasteiger partial charge is 0.234 e. The lowest BCUT2D eigenvalue weighted by atomic mass is 9.83. The van der Waals surface area contributed by atoms with Crippen molar-refractivity contribution in [2.24, 2.45) is 0 Å². The van der Waals surface area contributed by atoms with Crippen LogP contribution < -0.4 is 5.32 Å². The van der Waals surface area contributed by atoms with Crippen LogP contribution in [0.25, 0.3) is 0 Å². The van der Waals surface area contributed by atoms with Gasteiger partial charge in [-0.3, -0.25) is 4.79 Å². The Labute approximate surface area is 124 Å². The molecular weight excluding hydrogens is 270 g/mol. The van der Waals surface area contributed by atoms with Crippen molar-refractivity contribution in [2.45, 2.75) is 26.2 Å². The monoisotopic (exact) mass is 287 g/mol. The highest BCUT2D eigenvalue weighted by molar-refractivity contribution is 6.30. The van der Waals surface area contributed by atoms with Crippen molar-refractivity contribution in [3.05, 3.63) is 64.7 Å². The molecule has 0 saturated carbocycles. The lowest BCUT2D eigenvalue weighted by molar-refractivity contribution is -0.120. The first-order chi connectivity index (χ1) is 9.39. The molecule has 2 aromatic carbocycles. The Morgan fingerprint density at radius 3 is 2.10 bits per heavy atom. The zero-order valence-corrected chi connectivity index (χ0v) is 12.7. The topological polar surface area (TPSA) is 29.1 Å². The molecule has 0 radical (unpaired) electrons. The van der Waals surface area contributed by atoms with Crippen LogP contribution in [0.4, 0.5) is 5.69 Å². The summed E-state index contributed by atoms with van der Waals surface area (Å²) in [6, 6.07) is 15.1. The zero-order valence-electron chi connectivity index (χ0n) is 11.9. The van der Waals surface area contributed by atoms with E-state index in [2.05, 4.69) is 5.32 Å². The summed E-state index contributed by atoms with van der Waals surface area (Å²) in [5.74, 6) is -0.0383. The van der Waals surface area contributed by atoms with Crippen LogP contribution in [0.1, 0.15) is 25.0 Å². The van der Waals surface area contributed by atoms with Crippen LogP contribution in [0.15, 0.2) is 48.5 Å². The number of rotatable bonds is 3. The normalized spacial score (nSPS) is 11.2. The number of hydrogen-bond donors (Lipinski definition) is 1. The highest BCUT2D eigenvalue weighted by Crippen LogP contribution is 2.26. The van der Waals surface area contributed by atoms with Crippen LogP contribution in [0.2, 0.25) is 5.02 Å². The number of carbonyl (C=O) groups excluding carboxylic acids is 1. The van der Waals surface area contributed by atoms with E-state index < -0.39 is 5.41 Å². The highest BCUT2D eigenvalue weighted by atomic mass is 35.5. The number of halogens is 1. The first-order valence-electron chi connectivity index (χ1n) is 6.54. The molecule has 0 bridgehead atoms. The van der Waals surface area contributed by atoms with Crippen molar-refractivity contribution in [3.8, 4) is 0 Å². The van der Waals surface area contributed by atoms with Gasteiger partial charge in [-0.25, -0.2) is 0 Å². The first-order valence-corrected chi connectivity index (χ1v) is 6.91. The number of carbonyl (C=O) groups is 1. The summed E-state index contributed by atoms with van der Waals surface area (Å²) in [6.07, 6.45) is 0. The van der Waals surface area contributed by atoms with Gasteiger partial charge in [0.2, 0.25) is 5.91 Å². The molecule has 2 rings (SSSR count).